The summed E-state index contributed by atoms with van der Waals surface area (Å²) in [5.74, 6) is 1.16. The molecule has 0 radical (unpaired) electrons. The third-order valence-corrected chi connectivity index (χ3v) is 5.17. The summed E-state index contributed by atoms with van der Waals surface area (Å²) >= 11 is 3.64. The second kappa shape index (κ2) is 6.29. The standard InChI is InChI=1S/C18H26BrNO/c1-18(2,8-9-20-16-3-4-16)7-5-13-11-15(19)12-14-6-10-21-17(13)14/h11-12,16,20H,3-10H2,1-2H3. The lowest BCUT2D eigenvalue weighted by molar-refractivity contribution is 0.298. The van der Waals surface area contributed by atoms with E-state index in [1.165, 1.54) is 41.3 Å². The first-order chi connectivity index (χ1) is 10.0. The predicted octanol–water partition coefficient (Wildman–Crippen LogP) is 4.48. The van der Waals surface area contributed by atoms with Crippen LogP contribution in [-0.4, -0.2) is 19.2 Å². The predicted molar refractivity (Wildman–Crippen MR) is 91.1 cm³/mol. The van der Waals surface area contributed by atoms with Crippen LogP contribution in [0.3, 0.4) is 0 Å². The zero-order valence-electron chi connectivity index (χ0n) is 13.2. The van der Waals surface area contributed by atoms with E-state index in [-0.39, 0.29) is 0 Å². The maximum absolute atomic E-state index is 5.84. The van der Waals surface area contributed by atoms with Crippen LogP contribution in [0.25, 0.3) is 0 Å². The summed E-state index contributed by atoms with van der Waals surface area (Å²) in [6, 6.07) is 5.27. The van der Waals surface area contributed by atoms with Gasteiger partial charge in [-0.05, 0) is 67.3 Å². The lowest BCUT2D eigenvalue weighted by Crippen LogP contribution is -2.24. The second-order valence-corrected chi connectivity index (χ2v) is 8.21. The molecule has 3 rings (SSSR count). The molecule has 1 aromatic carbocycles. The highest BCUT2D eigenvalue weighted by atomic mass is 79.9. The largest absolute Gasteiger partial charge is 0.493 e. The highest BCUT2D eigenvalue weighted by Crippen LogP contribution is 2.36. The molecule has 1 saturated carbocycles. The Kier molecular flexibility index (Phi) is 4.60. The smallest absolute Gasteiger partial charge is 0.125 e. The number of benzene rings is 1. The number of hydrogen-bond donors (Lipinski definition) is 1. The van der Waals surface area contributed by atoms with Crippen LogP contribution in [0.15, 0.2) is 16.6 Å². The molecule has 1 aliphatic heterocycles. The van der Waals surface area contributed by atoms with Gasteiger partial charge >= 0.3 is 0 Å². The van der Waals surface area contributed by atoms with Crippen molar-refractivity contribution < 1.29 is 4.74 Å². The van der Waals surface area contributed by atoms with Gasteiger partial charge in [0.25, 0.3) is 0 Å². The Morgan fingerprint density at radius 1 is 1.29 bits per heavy atom. The highest BCUT2D eigenvalue weighted by Gasteiger charge is 2.24. The molecule has 3 heteroatoms. The molecule has 0 saturated heterocycles. The monoisotopic (exact) mass is 351 g/mol. The SMILES string of the molecule is CC(C)(CCNC1CC1)CCc1cc(Br)cc2c1OCC2. The van der Waals surface area contributed by atoms with Gasteiger partial charge in [0, 0.05) is 16.9 Å². The van der Waals surface area contributed by atoms with E-state index >= 15 is 0 Å². The molecule has 0 aromatic heterocycles. The molecule has 0 spiro atoms. The van der Waals surface area contributed by atoms with Crippen molar-refractivity contribution in [3.05, 3.63) is 27.7 Å². The van der Waals surface area contributed by atoms with Crippen molar-refractivity contribution in [1.29, 1.82) is 0 Å². The summed E-state index contributed by atoms with van der Waals surface area (Å²) in [4.78, 5) is 0. The third-order valence-electron chi connectivity index (χ3n) is 4.71. The molecule has 21 heavy (non-hydrogen) atoms. The average Bonchev–Trinajstić information content (AvgIpc) is 3.12. The zero-order chi connectivity index (χ0) is 14.9. The fraction of sp³-hybridized carbons (Fsp3) is 0.667. The Balaban J connectivity index is 1.56. The van der Waals surface area contributed by atoms with Crippen molar-refractivity contribution in [3.8, 4) is 5.75 Å². The van der Waals surface area contributed by atoms with Gasteiger partial charge in [-0.25, -0.2) is 0 Å². The van der Waals surface area contributed by atoms with Gasteiger partial charge in [0.05, 0.1) is 6.61 Å². The van der Waals surface area contributed by atoms with Crippen LogP contribution in [0.2, 0.25) is 0 Å². The number of aryl methyl sites for hydroxylation is 1. The van der Waals surface area contributed by atoms with Crippen LogP contribution in [-0.2, 0) is 12.8 Å². The van der Waals surface area contributed by atoms with Crippen LogP contribution in [0.1, 0.15) is 50.7 Å². The van der Waals surface area contributed by atoms with Crippen molar-refractivity contribution in [2.24, 2.45) is 5.41 Å². The Morgan fingerprint density at radius 2 is 2.10 bits per heavy atom. The molecule has 0 amide bonds. The minimum atomic E-state index is 0.385. The average molecular weight is 352 g/mol. The lowest BCUT2D eigenvalue weighted by atomic mass is 9.83. The van der Waals surface area contributed by atoms with Gasteiger partial charge in [-0.3, -0.25) is 0 Å². The van der Waals surface area contributed by atoms with E-state index in [2.05, 4.69) is 47.2 Å². The molecule has 0 atom stereocenters. The number of rotatable bonds is 7. The van der Waals surface area contributed by atoms with E-state index in [0.29, 0.717) is 5.41 Å². The summed E-state index contributed by atoms with van der Waals surface area (Å²) in [6.07, 6.45) is 7.38. The summed E-state index contributed by atoms with van der Waals surface area (Å²) in [7, 11) is 0. The second-order valence-electron chi connectivity index (χ2n) is 7.29. The topological polar surface area (TPSA) is 21.3 Å². The van der Waals surface area contributed by atoms with E-state index in [4.69, 9.17) is 4.74 Å². The van der Waals surface area contributed by atoms with E-state index in [1.54, 1.807) is 0 Å². The molecule has 0 bridgehead atoms. The van der Waals surface area contributed by atoms with Gasteiger partial charge in [0.1, 0.15) is 5.75 Å². The van der Waals surface area contributed by atoms with Crippen LogP contribution in [0, 0.1) is 5.41 Å². The summed E-state index contributed by atoms with van der Waals surface area (Å²) in [6.45, 7) is 6.78. The van der Waals surface area contributed by atoms with Crippen LogP contribution >= 0.6 is 15.9 Å². The molecule has 1 heterocycles. The van der Waals surface area contributed by atoms with Crippen molar-refractivity contribution in [2.75, 3.05) is 13.2 Å². The fourth-order valence-electron chi connectivity index (χ4n) is 3.03. The van der Waals surface area contributed by atoms with Crippen LogP contribution in [0.4, 0.5) is 0 Å². The van der Waals surface area contributed by atoms with Crippen molar-refractivity contribution >= 4 is 15.9 Å². The first-order valence-electron chi connectivity index (χ1n) is 8.21. The summed E-state index contributed by atoms with van der Waals surface area (Å²) in [5, 5.41) is 3.63. The maximum Gasteiger partial charge on any atom is 0.125 e. The highest BCUT2D eigenvalue weighted by molar-refractivity contribution is 9.10. The molecule has 1 N–H and O–H groups in total. The molecular formula is C18H26BrNO. The van der Waals surface area contributed by atoms with E-state index in [0.717, 1.165) is 37.8 Å². The van der Waals surface area contributed by atoms with Crippen molar-refractivity contribution in [2.45, 2.75) is 58.4 Å². The van der Waals surface area contributed by atoms with Crippen molar-refractivity contribution in [3.63, 3.8) is 0 Å². The third kappa shape index (κ3) is 4.23. The van der Waals surface area contributed by atoms with Gasteiger partial charge in [-0.1, -0.05) is 29.8 Å². The molecule has 1 fully saturated rings. The van der Waals surface area contributed by atoms with E-state index < -0.39 is 0 Å². The molecule has 2 aliphatic rings. The number of hydrogen-bond acceptors (Lipinski definition) is 2. The quantitative estimate of drug-likeness (QED) is 0.781. The van der Waals surface area contributed by atoms with Crippen LogP contribution in [0.5, 0.6) is 5.75 Å². The van der Waals surface area contributed by atoms with E-state index in [9.17, 15) is 0 Å². The number of fused-ring (bicyclic) bond motifs is 1. The van der Waals surface area contributed by atoms with Gasteiger partial charge in [-0.15, -0.1) is 0 Å². The number of halogens is 1. The molecule has 116 valence electrons. The molecule has 1 aromatic rings. The Bertz CT molecular complexity index is 508. The number of nitrogens with one attached hydrogen (secondary N) is 1. The van der Waals surface area contributed by atoms with Gasteiger partial charge in [0.15, 0.2) is 0 Å². The Labute approximate surface area is 136 Å². The van der Waals surface area contributed by atoms with Gasteiger partial charge < -0.3 is 10.1 Å². The molecule has 1 aliphatic carbocycles. The molecule has 0 unspecified atom stereocenters. The fourth-order valence-corrected chi connectivity index (χ4v) is 3.58. The molecule has 2 nitrogen and oxygen atoms in total. The zero-order valence-corrected chi connectivity index (χ0v) is 14.8. The van der Waals surface area contributed by atoms with Crippen molar-refractivity contribution in [1.82, 2.24) is 5.32 Å². The number of ether oxygens (including phenoxy) is 1. The Hall–Kier alpha value is -0.540. The van der Waals surface area contributed by atoms with Gasteiger partial charge in [-0.2, -0.15) is 0 Å². The minimum absolute atomic E-state index is 0.385. The Morgan fingerprint density at radius 3 is 2.86 bits per heavy atom. The lowest BCUT2D eigenvalue weighted by Gasteiger charge is -2.25. The summed E-state index contributed by atoms with van der Waals surface area (Å²) < 4.78 is 7.03. The summed E-state index contributed by atoms with van der Waals surface area (Å²) in [5.41, 5.74) is 3.13. The molecular weight excluding hydrogens is 326 g/mol. The first kappa shape index (κ1) is 15.4. The first-order valence-corrected chi connectivity index (χ1v) is 9.00. The maximum atomic E-state index is 5.84. The minimum Gasteiger partial charge on any atom is -0.493 e. The van der Waals surface area contributed by atoms with Gasteiger partial charge in [0.2, 0.25) is 0 Å². The van der Waals surface area contributed by atoms with E-state index in [1.807, 2.05) is 0 Å². The normalized spacial score (nSPS) is 17.7. The van der Waals surface area contributed by atoms with Crippen LogP contribution < -0.4 is 10.1 Å².